The van der Waals surface area contributed by atoms with Crippen LogP contribution in [0.5, 0.6) is 0 Å². The van der Waals surface area contributed by atoms with Gasteiger partial charge in [-0.05, 0) is 31.2 Å². The first kappa shape index (κ1) is 20.7. The Labute approximate surface area is 157 Å². The molecule has 0 bridgehead atoms. The summed E-state index contributed by atoms with van der Waals surface area (Å²) in [4.78, 5) is 24.6. The van der Waals surface area contributed by atoms with Gasteiger partial charge in [-0.25, -0.2) is 22.4 Å². The minimum absolute atomic E-state index is 0.112. The van der Waals surface area contributed by atoms with Crippen LogP contribution in [-0.2, 0) is 14.3 Å². The fourth-order valence-corrected chi connectivity index (χ4v) is 2.48. The van der Waals surface area contributed by atoms with E-state index >= 15 is 0 Å². The molecule has 1 atom stereocenters. The zero-order chi connectivity index (χ0) is 20.2. The lowest BCUT2D eigenvalue weighted by atomic mass is 9.88. The average molecular weight is 404 g/mol. The van der Waals surface area contributed by atoms with E-state index in [1.54, 1.807) is 0 Å². The van der Waals surface area contributed by atoms with E-state index in [1.165, 1.54) is 6.92 Å². The number of benzene rings is 1. The Balaban J connectivity index is 2.35. The van der Waals surface area contributed by atoms with E-state index in [1.807, 2.05) is 0 Å². The smallest absolute Gasteiger partial charge is 0.343 e. The Morgan fingerprint density at radius 1 is 1.33 bits per heavy atom. The fourth-order valence-electron chi connectivity index (χ4n) is 2.23. The van der Waals surface area contributed by atoms with Crippen molar-refractivity contribution in [2.75, 3.05) is 11.9 Å². The van der Waals surface area contributed by atoms with Gasteiger partial charge in [0.1, 0.15) is 23.0 Å². The number of esters is 1. The molecule has 144 valence electrons. The molecule has 0 saturated heterocycles. The molecule has 2 rings (SSSR count). The molecule has 0 radical (unpaired) electrons. The zero-order valence-electron chi connectivity index (χ0n) is 14.0. The highest BCUT2D eigenvalue weighted by Crippen LogP contribution is 2.35. The van der Waals surface area contributed by atoms with Gasteiger partial charge < -0.3 is 10.1 Å². The maximum Gasteiger partial charge on any atom is 0.343 e. The van der Waals surface area contributed by atoms with Gasteiger partial charge in [-0.3, -0.25) is 4.79 Å². The van der Waals surface area contributed by atoms with Gasteiger partial charge in [0, 0.05) is 18.7 Å². The minimum atomic E-state index is -2.78. The van der Waals surface area contributed by atoms with Crippen LogP contribution in [0.1, 0.15) is 13.3 Å². The van der Waals surface area contributed by atoms with Crippen molar-refractivity contribution >= 4 is 29.0 Å². The Morgan fingerprint density at radius 2 is 2.04 bits per heavy atom. The lowest BCUT2D eigenvalue weighted by molar-refractivity contribution is -0.141. The molecule has 27 heavy (non-hydrogen) atoms. The second-order valence-electron chi connectivity index (χ2n) is 5.50. The van der Waals surface area contributed by atoms with Crippen molar-refractivity contribution in [3.05, 3.63) is 64.6 Å². The second kappa shape index (κ2) is 8.39. The molecule has 1 unspecified atom stereocenters. The Hall–Kier alpha value is -2.61. The number of alkyl halides is 1. The summed E-state index contributed by atoms with van der Waals surface area (Å²) >= 11 is 5.57. The summed E-state index contributed by atoms with van der Waals surface area (Å²) in [6, 6.07) is 2.55. The Morgan fingerprint density at radius 3 is 2.63 bits per heavy atom. The van der Waals surface area contributed by atoms with Gasteiger partial charge in [-0.15, -0.1) is 0 Å². The molecule has 0 aromatic heterocycles. The topological polar surface area (TPSA) is 55.4 Å². The molecule has 0 fully saturated rings. The maximum atomic E-state index is 15.0. The standard InChI is InChI=1S/C18H14ClF4NO3/c1-2-27-17(26)11(9-24-15-4-3-10(20)7-14(15)22)16(25)18(23)6-5-13(21)12(19)8-18/h3-7,9,24H,2,8H2,1H3/b11-9-. The van der Waals surface area contributed by atoms with Crippen LogP contribution in [0.4, 0.5) is 23.2 Å². The van der Waals surface area contributed by atoms with E-state index in [4.69, 9.17) is 16.3 Å². The number of halogens is 5. The monoisotopic (exact) mass is 403 g/mol. The van der Waals surface area contributed by atoms with Gasteiger partial charge >= 0.3 is 5.97 Å². The molecule has 1 aliphatic carbocycles. The maximum absolute atomic E-state index is 15.0. The fraction of sp³-hybridized carbons (Fsp3) is 0.222. The molecule has 1 aliphatic rings. The second-order valence-corrected chi connectivity index (χ2v) is 5.96. The Kier molecular flexibility index (Phi) is 6.43. The number of hydrogen-bond donors (Lipinski definition) is 1. The minimum Gasteiger partial charge on any atom is -0.462 e. The normalized spacial score (nSPS) is 19.9. The van der Waals surface area contributed by atoms with Crippen LogP contribution in [0.15, 0.2) is 53.0 Å². The van der Waals surface area contributed by atoms with E-state index in [-0.39, 0.29) is 12.3 Å². The lowest BCUT2D eigenvalue weighted by Gasteiger charge is -2.23. The third-order valence-corrected chi connectivity index (χ3v) is 3.90. The molecular weight excluding hydrogens is 390 g/mol. The molecule has 0 amide bonds. The first-order valence-electron chi connectivity index (χ1n) is 7.74. The molecule has 0 saturated carbocycles. The summed E-state index contributed by atoms with van der Waals surface area (Å²) in [5.74, 6) is -5.25. The number of carbonyl (C=O) groups excluding carboxylic acids is 2. The van der Waals surface area contributed by atoms with Crippen LogP contribution in [0.3, 0.4) is 0 Å². The zero-order valence-corrected chi connectivity index (χ0v) is 14.7. The Bertz CT molecular complexity index is 866. The van der Waals surface area contributed by atoms with E-state index in [0.29, 0.717) is 18.2 Å². The SMILES string of the molecule is CCOC(=O)/C(=C\Nc1ccc(F)cc1F)C(=O)C1(F)C=CC(F)=C(Cl)C1. The van der Waals surface area contributed by atoms with Crippen molar-refractivity contribution < 1.29 is 31.9 Å². The summed E-state index contributed by atoms with van der Waals surface area (Å²) < 4.78 is 59.6. The number of carbonyl (C=O) groups is 2. The molecule has 0 aliphatic heterocycles. The first-order chi connectivity index (χ1) is 12.7. The molecule has 4 nitrogen and oxygen atoms in total. The summed E-state index contributed by atoms with van der Waals surface area (Å²) in [6.07, 6.45) is 1.26. The number of nitrogens with one attached hydrogen (secondary N) is 1. The van der Waals surface area contributed by atoms with Crippen LogP contribution >= 0.6 is 11.6 Å². The number of allylic oxidation sites excluding steroid dienone is 4. The predicted octanol–water partition coefficient (Wildman–Crippen LogP) is 4.48. The van der Waals surface area contributed by atoms with Crippen molar-refractivity contribution in [2.45, 2.75) is 19.0 Å². The van der Waals surface area contributed by atoms with Crippen molar-refractivity contribution in [3.63, 3.8) is 0 Å². The highest BCUT2D eigenvalue weighted by Gasteiger charge is 2.43. The van der Waals surface area contributed by atoms with Crippen molar-refractivity contribution in [3.8, 4) is 0 Å². The predicted molar refractivity (Wildman–Crippen MR) is 91.3 cm³/mol. The highest BCUT2D eigenvalue weighted by molar-refractivity contribution is 6.31. The van der Waals surface area contributed by atoms with E-state index in [2.05, 4.69) is 5.32 Å². The summed E-state index contributed by atoms with van der Waals surface area (Å²) in [6.45, 7) is 1.35. The van der Waals surface area contributed by atoms with Crippen LogP contribution in [-0.4, -0.2) is 24.0 Å². The van der Waals surface area contributed by atoms with Gasteiger partial charge in [0.2, 0.25) is 5.78 Å². The molecule has 1 aromatic rings. The number of ketones is 1. The van der Waals surface area contributed by atoms with E-state index in [0.717, 1.165) is 18.3 Å². The molecule has 1 aromatic carbocycles. The third kappa shape index (κ3) is 4.77. The number of rotatable bonds is 6. The lowest BCUT2D eigenvalue weighted by Crippen LogP contribution is -2.37. The number of ether oxygens (including phenoxy) is 1. The number of hydrogen-bond acceptors (Lipinski definition) is 4. The van der Waals surface area contributed by atoms with Crippen LogP contribution < -0.4 is 5.32 Å². The van der Waals surface area contributed by atoms with Crippen molar-refractivity contribution in [1.29, 1.82) is 0 Å². The van der Waals surface area contributed by atoms with E-state index < -0.39 is 51.9 Å². The van der Waals surface area contributed by atoms with Gasteiger partial charge in [-0.2, -0.15) is 0 Å². The van der Waals surface area contributed by atoms with Gasteiger partial charge in [0.15, 0.2) is 5.67 Å². The molecular formula is C18H14ClF4NO3. The average Bonchev–Trinajstić information content (AvgIpc) is 2.60. The van der Waals surface area contributed by atoms with Gasteiger partial charge in [0.05, 0.1) is 17.3 Å². The summed E-state index contributed by atoms with van der Waals surface area (Å²) in [7, 11) is 0. The van der Waals surface area contributed by atoms with Crippen molar-refractivity contribution in [2.24, 2.45) is 0 Å². The highest BCUT2D eigenvalue weighted by atomic mass is 35.5. The number of Topliss-reactive ketones (excluding diaryl/α,β-unsaturated/α-hetero) is 1. The molecule has 1 N–H and O–H groups in total. The molecule has 0 spiro atoms. The van der Waals surface area contributed by atoms with Crippen LogP contribution in [0, 0.1) is 11.6 Å². The van der Waals surface area contributed by atoms with Gasteiger partial charge in [-0.1, -0.05) is 11.6 Å². The molecule has 9 heteroatoms. The molecule has 0 heterocycles. The number of anilines is 1. The van der Waals surface area contributed by atoms with Crippen LogP contribution in [0.2, 0.25) is 0 Å². The quantitative estimate of drug-likeness (QED) is 0.250. The van der Waals surface area contributed by atoms with Crippen molar-refractivity contribution in [1.82, 2.24) is 0 Å². The first-order valence-corrected chi connectivity index (χ1v) is 8.11. The summed E-state index contributed by atoms with van der Waals surface area (Å²) in [5, 5.41) is 1.78. The summed E-state index contributed by atoms with van der Waals surface area (Å²) in [5.41, 5.74) is -3.82. The van der Waals surface area contributed by atoms with Crippen LogP contribution in [0.25, 0.3) is 0 Å². The third-order valence-electron chi connectivity index (χ3n) is 3.59. The van der Waals surface area contributed by atoms with E-state index in [9.17, 15) is 27.2 Å². The largest absolute Gasteiger partial charge is 0.462 e. The van der Waals surface area contributed by atoms with Gasteiger partial charge in [0.25, 0.3) is 0 Å².